The molecule has 2 aromatic rings. The first-order valence-corrected chi connectivity index (χ1v) is 7.11. The summed E-state index contributed by atoms with van der Waals surface area (Å²) in [5.74, 6) is 0. The average Bonchev–Trinajstić information content (AvgIpc) is 2.90. The third-order valence-electron chi connectivity index (χ3n) is 2.85. The maximum absolute atomic E-state index is 5.67. The predicted molar refractivity (Wildman–Crippen MR) is 83.8 cm³/mol. The van der Waals surface area contributed by atoms with E-state index in [0.717, 1.165) is 31.1 Å². The Morgan fingerprint density at radius 1 is 1.16 bits per heavy atom. The van der Waals surface area contributed by atoms with Crippen molar-refractivity contribution in [1.82, 2.24) is 9.88 Å². The summed E-state index contributed by atoms with van der Waals surface area (Å²) in [5.41, 5.74) is 7.04. The highest BCUT2D eigenvalue weighted by molar-refractivity contribution is 7.09. The van der Waals surface area contributed by atoms with Crippen LogP contribution in [0.1, 0.15) is 10.6 Å². The molecule has 0 fully saturated rings. The average molecular weight is 298 g/mol. The first kappa shape index (κ1) is 16.1. The Balaban J connectivity index is 0.00000180. The fourth-order valence-electron chi connectivity index (χ4n) is 1.91. The highest BCUT2D eigenvalue weighted by Crippen LogP contribution is 2.09. The van der Waals surface area contributed by atoms with Crippen LogP contribution in [0.2, 0.25) is 0 Å². The van der Waals surface area contributed by atoms with Gasteiger partial charge in [-0.25, -0.2) is 4.98 Å². The third kappa shape index (κ3) is 5.70. The van der Waals surface area contributed by atoms with Crippen LogP contribution in [0, 0.1) is 0 Å². The van der Waals surface area contributed by atoms with Gasteiger partial charge in [0.15, 0.2) is 0 Å². The Bertz CT molecular complexity index is 433. The summed E-state index contributed by atoms with van der Waals surface area (Å²) in [6, 6.07) is 10.6. The number of rotatable bonds is 7. The van der Waals surface area contributed by atoms with Crippen molar-refractivity contribution in [1.29, 1.82) is 0 Å². The highest BCUT2D eigenvalue weighted by atomic mass is 35.5. The molecule has 0 spiro atoms. The van der Waals surface area contributed by atoms with Crippen molar-refractivity contribution >= 4 is 23.7 Å². The summed E-state index contributed by atoms with van der Waals surface area (Å²) in [6.07, 6.45) is 2.92. The molecule has 0 aliphatic rings. The van der Waals surface area contributed by atoms with Gasteiger partial charge in [0.1, 0.15) is 5.01 Å². The lowest BCUT2D eigenvalue weighted by molar-refractivity contribution is 0.276. The molecule has 5 heteroatoms. The second-order valence-corrected chi connectivity index (χ2v) is 5.21. The van der Waals surface area contributed by atoms with Gasteiger partial charge in [-0.1, -0.05) is 30.3 Å². The Kier molecular flexibility index (Phi) is 7.67. The smallest absolute Gasteiger partial charge is 0.107 e. The largest absolute Gasteiger partial charge is 0.329 e. The summed E-state index contributed by atoms with van der Waals surface area (Å²) < 4.78 is 0. The van der Waals surface area contributed by atoms with Gasteiger partial charge in [0, 0.05) is 31.2 Å². The molecule has 0 saturated carbocycles. The van der Waals surface area contributed by atoms with Crippen molar-refractivity contribution < 1.29 is 0 Å². The van der Waals surface area contributed by atoms with Gasteiger partial charge >= 0.3 is 0 Å². The number of hydrogen-bond donors (Lipinski definition) is 1. The summed E-state index contributed by atoms with van der Waals surface area (Å²) in [7, 11) is 0. The van der Waals surface area contributed by atoms with Crippen molar-refractivity contribution in [2.24, 2.45) is 5.73 Å². The van der Waals surface area contributed by atoms with Crippen molar-refractivity contribution in [3.63, 3.8) is 0 Å². The molecule has 19 heavy (non-hydrogen) atoms. The van der Waals surface area contributed by atoms with Crippen molar-refractivity contribution in [3.8, 4) is 0 Å². The molecule has 0 radical (unpaired) electrons. The minimum absolute atomic E-state index is 0. The second kappa shape index (κ2) is 9.04. The summed E-state index contributed by atoms with van der Waals surface area (Å²) in [6.45, 7) is 3.55. The number of halogens is 1. The van der Waals surface area contributed by atoms with Crippen LogP contribution in [0.25, 0.3) is 0 Å². The third-order valence-corrected chi connectivity index (χ3v) is 3.61. The zero-order valence-corrected chi connectivity index (χ0v) is 12.5. The van der Waals surface area contributed by atoms with Crippen LogP contribution in [0.3, 0.4) is 0 Å². The van der Waals surface area contributed by atoms with Gasteiger partial charge < -0.3 is 5.73 Å². The first-order chi connectivity index (χ1) is 8.88. The quantitative estimate of drug-likeness (QED) is 0.854. The number of benzene rings is 1. The van der Waals surface area contributed by atoms with Crippen LogP contribution in [0.4, 0.5) is 0 Å². The number of nitrogens with zero attached hydrogens (tertiary/aromatic N) is 2. The molecule has 1 heterocycles. The summed E-state index contributed by atoms with van der Waals surface area (Å²) >= 11 is 1.71. The predicted octanol–water partition coefficient (Wildman–Crippen LogP) is 2.57. The van der Waals surface area contributed by atoms with E-state index in [9.17, 15) is 0 Å². The zero-order valence-electron chi connectivity index (χ0n) is 10.9. The first-order valence-electron chi connectivity index (χ1n) is 6.23. The molecule has 0 aliphatic heterocycles. The normalized spacial score (nSPS) is 10.4. The molecule has 1 aromatic carbocycles. The number of nitrogens with two attached hydrogens (primary N) is 1. The lowest BCUT2D eigenvalue weighted by Crippen LogP contribution is -2.31. The van der Waals surface area contributed by atoms with E-state index in [1.54, 1.807) is 11.3 Å². The van der Waals surface area contributed by atoms with E-state index in [0.29, 0.717) is 6.54 Å². The Labute approximate surface area is 124 Å². The van der Waals surface area contributed by atoms with E-state index in [-0.39, 0.29) is 12.4 Å². The summed E-state index contributed by atoms with van der Waals surface area (Å²) in [5, 5.41) is 3.18. The zero-order chi connectivity index (χ0) is 12.6. The van der Waals surface area contributed by atoms with E-state index in [2.05, 4.69) is 40.2 Å². The van der Waals surface area contributed by atoms with Crippen LogP contribution in [-0.4, -0.2) is 29.5 Å². The van der Waals surface area contributed by atoms with Gasteiger partial charge in [-0.15, -0.1) is 23.7 Å². The molecule has 0 aliphatic carbocycles. The van der Waals surface area contributed by atoms with Crippen molar-refractivity contribution in [2.45, 2.75) is 13.0 Å². The van der Waals surface area contributed by atoms with Crippen LogP contribution in [0.5, 0.6) is 0 Å². The molecule has 0 atom stereocenters. The monoisotopic (exact) mass is 297 g/mol. The molecular weight excluding hydrogens is 278 g/mol. The molecule has 2 rings (SSSR count). The lowest BCUT2D eigenvalue weighted by atomic mass is 10.1. The Hall–Kier alpha value is -0.940. The Morgan fingerprint density at radius 2 is 1.95 bits per heavy atom. The molecule has 2 N–H and O–H groups in total. The Morgan fingerprint density at radius 3 is 2.58 bits per heavy atom. The van der Waals surface area contributed by atoms with Gasteiger partial charge in [0.25, 0.3) is 0 Å². The van der Waals surface area contributed by atoms with Crippen molar-refractivity contribution in [2.75, 3.05) is 19.6 Å². The SMILES string of the molecule is Cl.NCCN(CCc1ccccc1)Cc1nccs1. The van der Waals surface area contributed by atoms with E-state index in [4.69, 9.17) is 5.73 Å². The maximum atomic E-state index is 5.67. The van der Waals surface area contributed by atoms with Crippen LogP contribution in [-0.2, 0) is 13.0 Å². The fourth-order valence-corrected chi connectivity index (χ4v) is 2.56. The minimum Gasteiger partial charge on any atom is -0.329 e. The topological polar surface area (TPSA) is 42.1 Å². The molecule has 1 aromatic heterocycles. The fraction of sp³-hybridized carbons (Fsp3) is 0.357. The van der Waals surface area contributed by atoms with E-state index in [1.165, 1.54) is 5.56 Å². The van der Waals surface area contributed by atoms with Crippen molar-refractivity contribution in [3.05, 3.63) is 52.5 Å². The standard InChI is InChI=1S/C14H19N3S.ClH/c15-7-10-17(12-14-16-8-11-18-14)9-6-13-4-2-1-3-5-13;/h1-5,8,11H,6-7,9-10,12,15H2;1H. The van der Waals surface area contributed by atoms with Gasteiger partial charge in [-0.3, -0.25) is 4.90 Å². The van der Waals surface area contributed by atoms with Gasteiger partial charge in [-0.2, -0.15) is 0 Å². The minimum atomic E-state index is 0. The van der Waals surface area contributed by atoms with Gasteiger partial charge in [-0.05, 0) is 12.0 Å². The molecule has 104 valence electrons. The number of aromatic nitrogens is 1. The molecule has 0 unspecified atom stereocenters. The van der Waals surface area contributed by atoms with E-state index >= 15 is 0 Å². The molecule has 0 saturated heterocycles. The van der Waals surface area contributed by atoms with Gasteiger partial charge in [0.2, 0.25) is 0 Å². The maximum Gasteiger partial charge on any atom is 0.107 e. The van der Waals surface area contributed by atoms with Gasteiger partial charge in [0.05, 0.1) is 6.54 Å². The van der Waals surface area contributed by atoms with Crippen LogP contribution < -0.4 is 5.73 Å². The van der Waals surface area contributed by atoms with E-state index < -0.39 is 0 Å². The number of hydrogen-bond acceptors (Lipinski definition) is 4. The molecular formula is C14H20ClN3S. The second-order valence-electron chi connectivity index (χ2n) is 4.23. The molecule has 0 bridgehead atoms. The van der Waals surface area contributed by atoms with E-state index in [1.807, 2.05) is 11.6 Å². The van der Waals surface area contributed by atoms with Crippen LogP contribution in [0.15, 0.2) is 41.9 Å². The molecule has 3 nitrogen and oxygen atoms in total. The highest BCUT2D eigenvalue weighted by Gasteiger charge is 2.07. The lowest BCUT2D eigenvalue weighted by Gasteiger charge is -2.20. The van der Waals surface area contributed by atoms with Crippen LogP contribution >= 0.6 is 23.7 Å². The molecule has 0 amide bonds. The number of thiazole rings is 1. The summed E-state index contributed by atoms with van der Waals surface area (Å²) in [4.78, 5) is 6.70.